The summed E-state index contributed by atoms with van der Waals surface area (Å²) in [4.78, 5) is 19.2. The predicted octanol–water partition coefficient (Wildman–Crippen LogP) is 2.06. The van der Waals surface area contributed by atoms with Crippen LogP contribution in [0.1, 0.15) is 35.0 Å². The molecule has 124 valence electrons. The number of aromatic amines is 1. The Hall–Kier alpha value is -2.34. The SMILES string of the molecule is CCc1cc(NCc2cc(C)c(C)nc2OC)c(=O)[nH]c1CO. The Kier molecular flexibility index (Phi) is 5.39. The number of H-pyrrole nitrogens is 1. The van der Waals surface area contributed by atoms with Gasteiger partial charge in [-0.1, -0.05) is 6.92 Å². The third-order valence-electron chi connectivity index (χ3n) is 3.92. The van der Waals surface area contributed by atoms with Crippen LogP contribution in [0.5, 0.6) is 5.88 Å². The van der Waals surface area contributed by atoms with Crippen molar-refractivity contribution in [1.29, 1.82) is 0 Å². The number of pyridine rings is 2. The highest BCUT2D eigenvalue weighted by Gasteiger charge is 2.10. The first-order chi connectivity index (χ1) is 11.0. The van der Waals surface area contributed by atoms with Crippen LogP contribution in [0, 0.1) is 13.8 Å². The smallest absolute Gasteiger partial charge is 0.271 e. The monoisotopic (exact) mass is 317 g/mol. The van der Waals surface area contributed by atoms with Gasteiger partial charge in [0.05, 0.1) is 13.7 Å². The number of methoxy groups -OCH3 is 1. The highest BCUT2D eigenvalue weighted by molar-refractivity contribution is 5.46. The van der Waals surface area contributed by atoms with Crippen molar-refractivity contribution in [2.24, 2.45) is 0 Å². The van der Waals surface area contributed by atoms with Crippen molar-refractivity contribution in [3.63, 3.8) is 0 Å². The molecule has 23 heavy (non-hydrogen) atoms. The predicted molar refractivity (Wildman–Crippen MR) is 90.0 cm³/mol. The number of aliphatic hydroxyl groups is 1. The Bertz CT molecular complexity index is 753. The van der Waals surface area contributed by atoms with Gasteiger partial charge in [-0.05, 0) is 43.5 Å². The molecular weight excluding hydrogens is 294 g/mol. The van der Waals surface area contributed by atoms with Crippen LogP contribution in [-0.4, -0.2) is 22.2 Å². The average Bonchev–Trinajstić information content (AvgIpc) is 2.55. The number of aryl methyl sites for hydroxylation is 3. The molecule has 0 atom stereocenters. The zero-order chi connectivity index (χ0) is 17.0. The third kappa shape index (κ3) is 3.71. The molecule has 0 aliphatic rings. The summed E-state index contributed by atoms with van der Waals surface area (Å²) in [5.74, 6) is 0.555. The highest BCUT2D eigenvalue weighted by atomic mass is 16.5. The van der Waals surface area contributed by atoms with Crippen molar-refractivity contribution in [3.05, 3.63) is 50.6 Å². The average molecular weight is 317 g/mol. The van der Waals surface area contributed by atoms with Crippen LogP contribution in [0.15, 0.2) is 16.9 Å². The molecule has 2 heterocycles. The van der Waals surface area contributed by atoms with Crippen molar-refractivity contribution in [3.8, 4) is 5.88 Å². The molecule has 6 nitrogen and oxygen atoms in total. The van der Waals surface area contributed by atoms with Gasteiger partial charge in [0.1, 0.15) is 5.69 Å². The maximum Gasteiger partial charge on any atom is 0.271 e. The molecule has 0 aliphatic carbocycles. The molecule has 2 rings (SSSR count). The van der Waals surface area contributed by atoms with Gasteiger partial charge in [-0.3, -0.25) is 4.79 Å². The van der Waals surface area contributed by atoms with Gasteiger partial charge in [0.25, 0.3) is 5.56 Å². The third-order valence-corrected chi connectivity index (χ3v) is 3.92. The molecule has 0 aromatic carbocycles. The molecule has 2 aromatic heterocycles. The van der Waals surface area contributed by atoms with Crippen molar-refractivity contribution in [2.75, 3.05) is 12.4 Å². The van der Waals surface area contributed by atoms with Gasteiger partial charge >= 0.3 is 0 Å². The van der Waals surface area contributed by atoms with E-state index in [-0.39, 0.29) is 12.2 Å². The van der Waals surface area contributed by atoms with E-state index >= 15 is 0 Å². The Balaban J connectivity index is 2.28. The van der Waals surface area contributed by atoms with Crippen LogP contribution in [0.25, 0.3) is 0 Å². The summed E-state index contributed by atoms with van der Waals surface area (Å²) in [6.07, 6.45) is 0.732. The molecule has 0 unspecified atom stereocenters. The van der Waals surface area contributed by atoms with Crippen LogP contribution in [0.3, 0.4) is 0 Å². The quantitative estimate of drug-likeness (QED) is 0.759. The Labute approximate surface area is 135 Å². The molecule has 0 spiro atoms. The molecule has 0 radical (unpaired) electrons. The Morgan fingerprint density at radius 1 is 1.30 bits per heavy atom. The van der Waals surface area contributed by atoms with E-state index in [0.29, 0.717) is 23.8 Å². The lowest BCUT2D eigenvalue weighted by atomic mass is 10.1. The maximum absolute atomic E-state index is 12.1. The lowest BCUT2D eigenvalue weighted by molar-refractivity contribution is 0.275. The molecule has 2 aromatic rings. The minimum Gasteiger partial charge on any atom is -0.481 e. The molecule has 0 amide bonds. The molecular formula is C17H23N3O3. The molecule has 0 saturated heterocycles. The van der Waals surface area contributed by atoms with Crippen molar-refractivity contribution in [1.82, 2.24) is 9.97 Å². The second-order valence-corrected chi connectivity index (χ2v) is 5.44. The van der Waals surface area contributed by atoms with Gasteiger partial charge in [-0.15, -0.1) is 0 Å². The van der Waals surface area contributed by atoms with E-state index in [1.807, 2.05) is 26.8 Å². The van der Waals surface area contributed by atoms with Crippen LogP contribution in [-0.2, 0) is 19.6 Å². The van der Waals surface area contributed by atoms with E-state index in [0.717, 1.165) is 28.8 Å². The van der Waals surface area contributed by atoms with Crippen LogP contribution >= 0.6 is 0 Å². The fraction of sp³-hybridized carbons (Fsp3) is 0.412. The molecule has 0 fully saturated rings. The second-order valence-electron chi connectivity index (χ2n) is 5.44. The van der Waals surface area contributed by atoms with Gasteiger partial charge in [-0.2, -0.15) is 0 Å². The lowest BCUT2D eigenvalue weighted by Gasteiger charge is -2.13. The minimum atomic E-state index is -0.248. The number of nitrogens with one attached hydrogen (secondary N) is 2. The Morgan fingerprint density at radius 3 is 2.65 bits per heavy atom. The van der Waals surface area contributed by atoms with Crippen molar-refractivity contribution in [2.45, 2.75) is 40.3 Å². The van der Waals surface area contributed by atoms with Gasteiger partial charge in [0.15, 0.2) is 0 Å². The summed E-state index contributed by atoms with van der Waals surface area (Å²) in [5, 5.41) is 12.4. The van der Waals surface area contributed by atoms with E-state index < -0.39 is 0 Å². The summed E-state index contributed by atoms with van der Waals surface area (Å²) in [5.41, 5.74) is 4.58. The van der Waals surface area contributed by atoms with Crippen molar-refractivity contribution >= 4 is 5.69 Å². The summed E-state index contributed by atoms with van der Waals surface area (Å²) in [6.45, 7) is 6.16. The summed E-state index contributed by atoms with van der Waals surface area (Å²) in [7, 11) is 1.58. The van der Waals surface area contributed by atoms with Gasteiger partial charge in [0, 0.05) is 23.5 Å². The number of rotatable bonds is 6. The summed E-state index contributed by atoms with van der Waals surface area (Å²) >= 11 is 0. The number of hydrogen-bond donors (Lipinski definition) is 3. The van der Waals surface area contributed by atoms with Gasteiger partial charge < -0.3 is 20.1 Å². The van der Waals surface area contributed by atoms with Crippen LogP contribution < -0.4 is 15.6 Å². The first-order valence-corrected chi connectivity index (χ1v) is 7.61. The minimum absolute atomic E-state index is 0.173. The molecule has 0 bridgehead atoms. The first-order valence-electron chi connectivity index (χ1n) is 7.61. The Morgan fingerprint density at radius 2 is 2.04 bits per heavy atom. The number of anilines is 1. The summed E-state index contributed by atoms with van der Waals surface area (Å²) in [6, 6.07) is 3.79. The van der Waals surface area contributed by atoms with E-state index in [1.165, 1.54) is 0 Å². The van der Waals surface area contributed by atoms with E-state index in [4.69, 9.17) is 4.74 Å². The van der Waals surface area contributed by atoms with Crippen LogP contribution in [0.4, 0.5) is 5.69 Å². The number of ether oxygens (including phenoxy) is 1. The zero-order valence-electron chi connectivity index (χ0n) is 14.0. The van der Waals surface area contributed by atoms with E-state index in [9.17, 15) is 9.90 Å². The number of aromatic nitrogens is 2. The van der Waals surface area contributed by atoms with E-state index in [1.54, 1.807) is 13.2 Å². The topological polar surface area (TPSA) is 87.2 Å². The van der Waals surface area contributed by atoms with Crippen LogP contribution in [0.2, 0.25) is 0 Å². The van der Waals surface area contributed by atoms with Crippen molar-refractivity contribution < 1.29 is 9.84 Å². The molecule has 3 N–H and O–H groups in total. The molecule has 0 aliphatic heterocycles. The number of aliphatic hydroxyl groups excluding tert-OH is 1. The second kappa shape index (κ2) is 7.28. The van der Waals surface area contributed by atoms with E-state index in [2.05, 4.69) is 15.3 Å². The fourth-order valence-electron chi connectivity index (χ4n) is 2.43. The number of nitrogens with zero attached hydrogens (tertiary/aromatic N) is 1. The van der Waals surface area contributed by atoms with Gasteiger partial charge in [-0.25, -0.2) is 4.98 Å². The van der Waals surface area contributed by atoms with Gasteiger partial charge in [0.2, 0.25) is 5.88 Å². The maximum atomic E-state index is 12.1. The number of hydrogen-bond acceptors (Lipinski definition) is 5. The first kappa shape index (κ1) is 17.0. The fourth-order valence-corrected chi connectivity index (χ4v) is 2.43. The summed E-state index contributed by atoms with van der Waals surface area (Å²) < 4.78 is 5.31. The standard InChI is InChI=1S/C17H23N3O3/c1-5-12-7-14(16(22)20-15(12)9-21)18-8-13-6-10(2)11(3)19-17(13)23-4/h6-7,18,21H,5,8-9H2,1-4H3,(H,20,22). The highest BCUT2D eigenvalue weighted by Crippen LogP contribution is 2.20. The molecule has 6 heteroatoms. The normalized spacial score (nSPS) is 10.7. The zero-order valence-corrected chi connectivity index (χ0v) is 14.0. The lowest BCUT2D eigenvalue weighted by Crippen LogP contribution is -2.18. The molecule has 0 saturated carbocycles. The largest absolute Gasteiger partial charge is 0.481 e.